The highest BCUT2D eigenvalue weighted by Crippen LogP contribution is 2.29. The number of benzene rings is 2. The van der Waals surface area contributed by atoms with Gasteiger partial charge in [0.1, 0.15) is 10.6 Å². The fourth-order valence-electron chi connectivity index (χ4n) is 1.97. The molecule has 0 saturated carbocycles. The summed E-state index contributed by atoms with van der Waals surface area (Å²) in [6.45, 7) is 1.95. The minimum absolute atomic E-state index is 0.0745. The number of ether oxygens (including phenoxy) is 1. The van der Waals surface area contributed by atoms with Crippen molar-refractivity contribution in [3.8, 4) is 5.75 Å². The summed E-state index contributed by atoms with van der Waals surface area (Å²) >= 11 is 11.8. The molecule has 0 aliphatic heterocycles. The summed E-state index contributed by atoms with van der Waals surface area (Å²) in [5, 5.41) is 0.693. The molecule has 118 valence electrons. The van der Waals surface area contributed by atoms with Gasteiger partial charge in [0.15, 0.2) is 0 Å². The molecule has 0 atom stereocenters. The Balaban J connectivity index is 2.46. The van der Waals surface area contributed by atoms with Crippen molar-refractivity contribution in [3.05, 3.63) is 52.0 Å². The fraction of sp³-hybridized carbons (Fsp3) is 0.200. The van der Waals surface area contributed by atoms with E-state index in [2.05, 4.69) is 4.72 Å². The number of rotatable bonds is 5. The quantitative estimate of drug-likeness (QED) is 0.862. The van der Waals surface area contributed by atoms with Crippen molar-refractivity contribution in [1.82, 2.24) is 0 Å². The minimum Gasteiger partial charge on any atom is -0.495 e. The maximum atomic E-state index is 12.6. The number of hydrogen-bond donors (Lipinski definition) is 1. The van der Waals surface area contributed by atoms with Gasteiger partial charge in [-0.3, -0.25) is 4.72 Å². The second-order valence-corrected chi connectivity index (χ2v) is 7.13. The molecule has 1 N–H and O–H groups in total. The van der Waals surface area contributed by atoms with Crippen molar-refractivity contribution in [3.63, 3.8) is 0 Å². The third-order valence-corrected chi connectivity index (χ3v) is 4.88. The number of nitrogens with one attached hydrogen (secondary N) is 1. The van der Waals surface area contributed by atoms with Gasteiger partial charge in [-0.15, -0.1) is 0 Å². The average molecular weight is 360 g/mol. The van der Waals surface area contributed by atoms with E-state index in [0.717, 1.165) is 12.0 Å². The van der Waals surface area contributed by atoms with E-state index in [0.29, 0.717) is 15.7 Å². The maximum Gasteiger partial charge on any atom is 0.265 e. The Bertz CT molecular complexity index is 771. The highest BCUT2D eigenvalue weighted by atomic mass is 35.5. The van der Waals surface area contributed by atoms with Crippen molar-refractivity contribution in [2.45, 2.75) is 18.2 Å². The van der Waals surface area contributed by atoms with Gasteiger partial charge in [0, 0.05) is 10.0 Å². The third-order valence-electron chi connectivity index (χ3n) is 3.04. The molecule has 0 aliphatic rings. The van der Waals surface area contributed by atoms with Crippen LogP contribution >= 0.6 is 23.2 Å². The van der Waals surface area contributed by atoms with E-state index < -0.39 is 10.0 Å². The summed E-state index contributed by atoms with van der Waals surface area (Å²) in [4.78, 5) is 0.0745. The Morgan fingerprint density at radius 3 is 2.27 bits per heavy atom. The molecule has 0 unspecified atom stereocenters. The minimum atomic E-state index is -3.81. The molecular formula is C15H15Cl2NO3S. The zero-order chi connectivity index (χ0) is 16.3. The van der Waals surface area contributed by atoms with E-state index in [4.69, 9.17) is 27.9 Å². The molecule has 22 heavy (non-hydrogen) atoms. The Kier molecular flexibility index (Phi) is 5.21. The first-order valence-electron chi connectivity index (χ1n) is 6.51. The number of sulfonamides is 1. The average Bonchev–Trinajstić information content (AvgIpc) is 2.44. The van der Waals surface area contributed by atoms with E-state index in [1.165, 1.54) is 25.3 Å². The highest BCUT2D eigenvalue weighted by molar-refractivity contribution is 7.92. The summed E-state index contributed by atoms with van der Waals surface area (Å²) in [5.41, 5.74) is 1.19. The van der Waals surface area contributed by atoms with Crippen LogP contribution in [0.5, 0.6) is 5.75 Å². The third kappa shape index (κ3) is 3.85. The molecule has 0 radical (unpaired) electrons. The molecule has 0 aliphatic carbocycles. The van der Waals surface area contributed by atoms with Gasteiger partial charge in [-0.25, -0.2) is 8.42 Å². The Morgan fingerprint density at radius 2 is 1.73 bits per heavy atom. The van der Waals surface area contributed by atoms with Gasteiger partial charge < -0.3 is 4.74 Å². The van der Waals surface area contributed by atoms with E-state index in [1.54, 1.807) is 12.1 Å². The van der Waals surface area contributed by atoms with Crippen LogP contribution in [-0.2, 0) is 16.4 Å². The SMILES string of the molecule is CCc1ccc(OC)c(S(=O)(=O)Nc2cc(Cl)cc(Cl)c2)c1. The summed E-state index contributed by atoms with van der Waals surface area (Å²) < 4.78 is 32.8. The molecule has 4 nitrogen and oxygen atoms in total. The Hall–Kier alpha value is -1.43. The van der Waals surface area contributed by atoms with E-state index in [1.807, 2.05) is 13.0 Å². The lowest BCUT2D eigenvalue weighted by Crippen LogP contribution is -2.14. The number of methoxy groups -OCH3 is 1. The zero-order valence-electron chi connectivity index (χ0n) is 12.1. The van der Waals surface area contributed by atoms with Crippen LogP contribution in [0.25, 0.3) is 0 Å². The lowest BCUT2D eigenvalue weighted by molar-refractivity contribution is 0.402. The molecule has 0 amide bonds. The lowest BCUT2D eigenvalue weighted by Gasteiger charge is -2.13. The van der Waals surface area contributed by atoms with E-state index in [9.17, 15) is 8.42 Å². The fourth-order valence-corrected chi connectivity index (χ4v) is 3.76. The second kappa shape index (κ2) is 6.77. The van der Waals surface area contributed by atoms with Crippen LogP contribution in [0.2, 0.25) is 10.0 Å². The number of halogens is 2. The van der Waals surface area contributed by atoms with Crippen molar-refractivity contribution in [1.29, 1.82) is 0 Å². The second-order valence-electron chi connectivity index (χ2n) is 4.60. The molecule has 2 aromatic carbocycles. The summed E-state index contributed by atoms with van der Waals surface area (Å²) in [6, 6.07) is 9.56. The standard InChI is InChI=1S/C15H15Cl2NO3S/c1-3-10-4-5-14(21-2)15(6-10)22(19,20)18-13-8-11(16)7-12(17)9-13/h4-9,18H,3H2,1-2H3. The van der Waals surface area contributed by atoms with Gasteiger partial charge in [-0.05, 0) is 42.3 Å². The van der Waals surface area contributed by atoms with Gasteiger partial charge in [0.2, 0.25) is 0 Å². The predicted octanol–water partition coefficient (Wildman–Crippen LogP) is 4.37. The van der Waals surface area contributed by atoms with Crippen LogP contribution in [-0.4, -0.2) is 15.5 Å². The Morgan fingerprint density at radius 1 is 1.09 bits per heavy atom. The van der Waals surface area contributed by atoms with Crippen LogP contribution in [0, 0.1) is 0 Å². The van der Waals surface area contributed by atoms with Gasteiger partial charge in [-0.1, -0.05) is 36.2 Å². The van der Waals surface area contributed by atoms with Gasteiger partial charge >= 0.3 is 0 Å². The molecule has 2 aromatic rings. The number of aryl methyl sites for hydroxylation is 1. The molecule has 7 heteroatoms. The molecular weight excluding hydrogens is 345 g/mol. The largest absolute Gasteiger partial charge is 0.495 e. The van der Waals surface area contributed by atoms with Crippen molar-refractivity contribution in [2.24, 2.45) is 0 Å². The van der Waals surface area contributed by atoms with Crippen molar-refractivity contribution in [2.75, 3.05) is 11.8 Å². The predicted molar refractivity (Wildman–Crippen MR) is 89.6 cm³/mol. The van der Waals surface area contributed by atoms with Crippen molar-refractivity contribution >= 4 is 38.9 Å². The first kappa shape index (κ1) is 16.9. The van der Waals surface area contributed by atoms with Crippen LogP contribution in [0.4, 0.5) is 5.69 Å². The van der Waals surface area contributed by atoms with Crippen LogP contribution in [0.1, 0.15) is 12.5 Å². The lowest BCUT2D eigenvalue weighted by atomic mass is 10.2. The molecule has 2 rings (SSSR count). The highest BCUT2D eigenvalue weighted by Gasteiger charge is 2.20. The normalized spacial score (nSPS) is 11.3. The Labute approximate surface area is 140 Å². The maximum absolute atomic E-state index is 12.6. The molecule has 0 spiro atoms. The number of anilines is 1. The number of hydrogen-bond acceptors (Lipinski definition) is 3. The molecule has 0 saturated heterocycles. The summed E-state index contributed by atoms with van der Waals surface area (Å²) in [6.07, 6.45) is 0.718. The van der Waals surface area contributed by atoms with Crippen molar-refractivity contribution < 1.29 is 13.2 Å². The van der Waals surface area contributed by atoms with Gasteiger partial charge in [0.25, 0.3) is 10.0 Å². The molecule has 0 bridgehead atoms. The van der Waals surface area contributed by atoms with Crippen LogP contribution in [0.3, 0.4) is 0 Å². The zero-order valence-corrected chi connectivity index (χ0v) is 14.4. The smallest absolute Gasteiger partial charge is 0.265 e. The van der Waals surface area contributed by atoms with E-state index >= 15 is 0 Å². The van der Waals surface area contributed by atoms with E-state index in [-0.39, 0.29) is 10.6 Å². The van der Waals surface area contributed by atoms with Crippen LogP contribution < -0.4 is 9.46 Å². The first-order chi connectivity index (χ1) is 10.4. The summed E-state index contributed by atoms with van der Waals surface area (Å²) in [7, 11) is -2.39. The molecule has 0 fully saturated rings. The first-order valence-corrected chi connectivity index (χ1v) is 8.75. The van der Waals surface area contributed by atoms with Gasteiger partial charge in [-0.2, -0.15) is 0 Å². The topological polar surface area (TPSA) is 55.4 Å². The monoisotopic (exact) mass is 359 g/mol. The van der Waals surface area contributed by atoms with Crippen LogP contribution in [0.15, 0.2) is 41.3 Å². The summed E-state index contributed by atoms with van der Waals surface area (Å²) in [5.74, 6) is 0.276. The molecule has 0 heterocycles. The van der Waals surface area contributed by atoms with Gasteiger partial charge in [0.05, 0.1) is 12.8 Å². The molecule has 0 aromatic heterocycles.